The predicted octanol–water partition coefficient (Wildman–Crippen LogP) is 1.75. The van der Waals surface area contributed by atoms with Crippen molar-refractivity contribution < 1.29 is 17.9 Å². The molecular formula is C7H7F3N2O. The second kappa shape index (κ2) is 3.51. The molecule has 0 aliphatic carbocycles. The second-order valence-corrected chi connectivity index (χ2v) is 2.24. The predicted molar refractivity (Wildman–Crippen MR) is 40.1 cm³/mol. The Morgan fingerprint density at radius 3 is 2.54 bits per heavy atom. The standard InChI is InChI=1S/C7H7F3N2O/c1-13-5-3(8)2-12-7(11)4(5)6(9)10/h2,6H,1H3,(H2,11,12). The topological polar surface area (TPSA) is 48.1 Å². The Bertz CT molecular complexity index is 317. The van der Waals surface area contributed by atoms with Gasteiger partial charge in [0, 0.05) is 0 Å². The van der Waals surface area contributed by atoms with E-state index in [0.717, 1.165) is 13.3 Å². The third-order valence-corrected chi connectivity index (χ3v) is 1.48. The Labute approximate surface area is 72.3 Å². The molecule has 0 spiro atoms. The molecule has 1 aromatic rings. The molecule has 0 aliphatic heterocycles. The van der Waals surface area contributed by atoms with Crippen molar-refractivity contribution in [3.05, 3.63) is 17.6 Å². The van der Waals surface area contributed by atoms with E-state index in [0.29, 0.717) is 0 Å². The summed E-state index contributed by atoms with van der Waals surface area (Å²) in [6.07, 6.45) is -2.17. The molecule has 1 aromatic heterocycles. The minimum Gasteiger partial charge on any atom is -0.493 e. The van der Waals surface area contributed by atoms with Gasteiger partial charge < -0.3 is 10.5 Å². The number of ether oxygens (including phenoxy) is 1. The van der Waals surface area contributed by atoms with Crippen LogP contribution in [-0.2, 0) is 0 Å². The third-order valence-electron chi connectivity index (χ3n) is 1.48. The third kappa shape index (κ3) is 1.66. The highest BCUT2D eigenvalue weighted by Gasteiger charge is 2.21. The number of hydrogen-bond donors (Lipinski definition) is 1. The first-order valence-electron chi connectivity index (χ1n) is 3.34. The first-order valence-corrected chi connectivity index (χ1v) is 3.34. The maximum Gasteiger partial charge on any atom is 0.271 e. The van der Waals surface area contributed by atoms with Gasteiger partial charge in [0.1, 0.15) is 11.4 Å². The fraction of sp³-hybridized carbons (Fsp3) is 0.286. The molecule has 0 saturated carbocycles. The molecule has 0 amide bonds. The molecule has 0 saturated heterocycles. The molecule has 0 radical (unpaired) electrons. The number of nitrogens with zero attached hydrogens (tertiary/aromatic N) is 1. The lowest BCUT2D eigenvalue weighted by Gasteiger charge is -2.09. The van der Waals surface area contributed by atoms with Crippen LogP contribution in [0.25, 0.3) is 0 Å². The van der Waals surface area contributed by atoms with E-state index in [1.807, 2.05) is 0 Å². The van der Waals surface area contributed by atoms with Gasteiger partial charge in [0.2, 0.25) is 0 Å². The number of anilines is 1. The summed E-state index contributed by atoms with van der Waals surface area (Å²) in [6.45, 7) is 0. The van der Waals surface area contributed by atoms with Crippen LogP contribution in [0.4, 0.5) is 19.0 Å². The van der Waals surface area contributed by atoms with Gasteiger partial charge in [-0.15, -0.1) is 0 Å². The van der Waals surface area contributed by atoms with Gasteiger partial charge in [0.15, 0.2) is 11.6 Å². The number of rotatable bonds is 2. The molecule has 13 heavy (non-hydrogen) atoms. The molecule has 0 aromatic carbocycles. The van der Waals surface area contributed by atoms with Crippen LogP contribution in [0.15, 0.2) is 6.20 Å². The second-order valence-electron chi connectivity index (χ2n) is 2.24. The largest absolute Gasteiger partial charge is 0.493 e. The van der Waals surface area contributed by atoms with E-state index >= 15 is 0 Å². The fourth-order valence-corrected chi connectivity index (χ4v) is 0.918. The van der Waals surface area contributed by atoms with Crippen molar-refractivity contribution in [2.75, 3.05) is 12.8 Å². The number of halogens is 3. The lowest BCUT2D eigenvalue weighted by Crippen LogP contribution is -2.03. The van der Waals surface area contributed by atoms with E-state index in [1.54, 1.807) is 0 Å². The Morgan fingerprint density at radius 2 is 2.15 bits per heavy atom. The zero-order chi connectivity index (χ0) is 10.0. The molecule has 0 atom stereocenters. The van der Waals surface area contributed by atoms with E-state index in [-0.39, 0.29) is 0 Å². The van der Waals surface area contributed by atoms with Crippen LogP contribution in [0.2, 0.25) is 0 Å². The number of pyridine rings is 1. The summed E-state index contributed by atoms with van der Waals surface area (Å²) in [5.41, 5.74) is 4.42. The summed E-state index contributed by atoms with van der Waals surface area (Å²) in [6, 6.07) is 0. The van der Waals surface area contributed by atoms with Gasteiger partial charge in [-0.05, 0) is 0 Å². The van der Waals surface area contributed by atoms with E-state index < -0.39 is 29.4 Å². The van der Waals surface area contributed by atoms with Crippen LogP contribution in [0, 0.1) is 5.82 Å². The zero-order valence-electron chi connectivity index (χ0n) is 6.72. The fourth-order valence-electron chi connectivity index (χ4n) is 0.918. The van der Waals surface area contributed by atoms with Crippen LogP contribution in [0.5, 0.6) is 5.75 Å². The molecule has 0 bridgehead atoms. The number of nitrogen functional groups attached to an aromatic ring is 1. The smallest absolute Gasteiger partial charge is 0.271 e. The van der Waals surface area contributed by atoms with Crippen molar-refractivity contribution in [3.8, 4) is 5.75 Å². The first-order chi connectivity index (χ1) is 6.07. The normalized spacial score (nSPS) is 10.5. The van der Waals surface area contributed by atoms with E-state index in [2.05, 4.69) is 9.72 Å². The molecule has 3 nitrogen and oxygen atoms in total. The maximum absolute atomic E-state index is 12.8. The van der Waals surface area contributed by atoms with Crippen LogP contribution in [0.3, 0.4) is 0 Å². The minimum atomic E-state index is -2.90. The summed E-state index contributed by atoms with van der Waals surface area (Å²) >= 11 is 0. The van der Waals surface area contributed by atoms with E-state index in [4.69, 9.17) is 5.73 Å². The molecule has 0 unspecified atom stereocenters. The summed E-state index contributed by atoms with van der Waals surface area (Å²) in [7, 11) is 1.09. The van der Waals surface area contributed by atoms with Crippen LogP contribution in [0.1, 0.15) is 12.0 Å². The van der Waals surface area contributed by atoms with E-state index in [1.165, 1.54) is 0 Å². The van der Waals surface area contributed by atoms with Crippen LogP contribution in [-0.4, -0.2) is 12.1 Å². The Hall–Kier alpha value is -1.46. The van der Waals surface area contributed by atoms with Crippen LogP contribution < -0.4 is 10.5 Å². The van der Waals surface area contributed by atoms with Crippen molar-refractivity contribution in [2.45, 2.75) is 6.43 Å². The van der Waals surface area contributed by atoms with Gasteiger partial charge in [-0.3, -0.25) is 0 Å². The minimum absolute atomic E-state index is 0.423. The number of alkyl halides is 2. The van der Waals surface area contributed by atoms with Gasteiger partial charge in [-0.25, -0.2) is 18.2 Å². The molecule has 0 fully saturated rings. The molecule has 6 heteroatoms. The van der Waals surface area contributed by atoms with E-state index in [9.17, 15) is 13.2 Å². The van der Waals surface area contributed by atoms with Gasteiger partial charge in [0.25, 0.3) is 6.43 Å². The van der Waals surface area contributed by atoms with Crippen LogP contribution >= 0.6 is 0 Å². The molecular weight excluding hydrogens is 185 g/mol. The zero-order valence-corrected chi connectivity index (χ0v) is 6.72. The average Bonchev–Trinajstić information content (AvgIpc) is 2.07. The lowest BCUT2D eigenvalue weighted by atomic mass is 10.2. The molecule has 72 valence electrons. The highest BCUT2D eigenvalue weighted by Crippen LogP contribution is 2.34. The SMILES string of the molecule is COc1c(F)cnc(N)c1C(F)F. The van der Waals surface area contributed by atoms with Crippen molar-refractivity contribution in [1.82, 2.24) is 4.98 Å². The lowest BCUT2D eigenvalue weighted by molar-refractivity contribution is 0.146. The molecule has 1 heterocycles. The van der Waals surface area contributed by atoms with Crippen molar-refractivity contribution in [3.63, 3.8) is 0 Å². The monoisotopic (exact) mass is 192 g/mol. The number of hydrogen-bond acceptors (Lipinski definition) is 3. The number of aromatic nitrogens is 1. The highest BCUT2D eigenvalue weighted by atomic mass is 19.3. The average molecular weight is 192 g/mol. The molecule has 1 rings (SSSR count). The maximum atomic E-state index is 12.8. The van der Waals surface area contributed by atoms with Crippen molar-refractivity contribution >= 4 is 5.82 Å². The summed E-state index contributed by atoms with van der Waals surface area (Å²) < 4.78 is 41.8. The Kier molecular flexibility index (Phi) is 2.60. The Morgan fingerprint density at radius 1 is 1.54 bits per heavy atom. The van der Waals surface area contributed by atoms with Gasteiger partial charge in [-0.2, -0.15) is 0 Å². The van der Waals surface area contributed by atoms with Gasteiger partial charge >= 0.3 is 0 Å². The first kappa shape index (κ1) is 9.63. The van der Waals surface area contributed by atoms with Crippen molar-refractivity contribution in [1.29, 1.82) is 0 Å². The number of nitrogens with two attached hydrogens (primary N) is 1. The van der Waals surface area contributed by atoms with Crippen molar-refractivity contribution in [2.24, 2.45) is 0 Å². The number of methoxy groups -OCH3 is 1. The highest BCUT2D eigenvalue weighted by molar-refractivity contribution is 5.49. The quantitative estimate of drug-likeness (QED) is 0.776. The molecule has 0 aliphatic rings. The Balaban J connectivity index is 3.35. The summed E-state index contributed by atoms with van der Waals surface area (Å²) in [5.74, 6) is -1.93. The van der Waals surface area contributed by atoms with Gasteiger partial charge in [-0.1, -0.05) is 0 Å². The summed E-state index contributed by atoms with van der Waals surface area (Å²) in [4.78, 5) is 3.25. The summed E-state index contributed by atoms with van der Waals surface area (Å²) in [5, 5.41) is 0. The molecule has 2 N–H and O–H groups in total. The van der Waals surface area contributed by atoms with Gasteiger partial charge in [0.05, 0.1) is 13.3 Å².